The van der Waals surface area contributed by atoms with Gasteiger partial charge in [0.05, 0.1) is 12.6 Å². The Balaban J connectivity index is 1.59. The number of nitrogens with two attached hydrogens (primary N) is 1. The number of rotatable bonds is 5. The zero-order chi connectivity index (χ0) is 17.8. The predicted molar refractivity (Wildman–Crippen MR) is 95.5 cm³/mol. The number of carbonyl (C=O) groups excluding carboxylic acids is 2. The number of primary amides is 1. The van der Waals surface area contributed by atoms with Gasteiger partial charge in [0.2, 0.25) is 5.91 Å². The summed E-state index contributed by atoms with van der Waals surface area (Å²) in [6.07, 6.45) is 3.66. The average Bonchev–Trinajstić information content (AvgIpc) is 3.12. The molecule has 1 aromatic carbocycles. The molecule has 0 spiro atoms. The van der Waals surface area contributed by atoms with E-state index in [4.69, 9.17) is 10.5 Å². The van der Waals surface area contributed by atoms with Crippen LogP contribution in [0.5, 0.6) is 5.75 Å². The quantitative estimate of drug-likeness (QED) is 0.880. The van der Waals surface area contributed by atoms with Crippen molar-refractivity contribution in [3.63, 3.8) is 0 Å². The molecule has 3 rings (SSSR count). The average molecular weight is 345 g/mol. The second kappa shape index (κ2) is 7.87. The first-order valence-electron chi connectivity index (χ1n) is 9.17. The number of hydrogen-bond donors (Lipinski definition) is 1. The highest BCUT2D eigenvalue weighted by atomic mass is 16.5. The molecule has 0 bridgehead atoms. The summed E-state index contributed by atoms with van der Waals surface area (Å²) in [5.74, 6) is 0.557. The van der Waals surface area contributed by atoms with Gasteiger partial charge in [-0.15, -0.1) is 0 Å². The molecule has 2 aliphatic rings. The molecule has 6 heteroatoms. The molecule has 136 valence electrons. The summed E-state index contributed by atoms with van der Waals surface area (Å²) in [6, 6.07) is 7.58. The molecular formula is C19H27N3O3. The zero-order valence-corrected chi connectivity index (χ0v) is 14.8. The number of hydrogen-bond acceptors (Lipinski definition) is 4. The van der Waals surface area contributed by atoms with Crippen molar-refractivity contribution in [2.24, 2.45) is 5.73 Å². The number of benzene rings is 1. The van der Waals surface area contributed by atoms with Crippen molar-refractivity contribution in [2.75, 3.05) is 26.2 Å². The Labute approximate surface area is 148 Å². The first-order valence-corrected chi connectivity index (χ1v) is 9.17. The van der Waals surface area contributed by atoms with Crippen LogP contribution in [0.4, 0.5) is 0 Å². The van der Waals surface area contributed by atoms with Crippen LogP contribution < -0.4 is 10.5 Å². The highest BCUT2D eigenvalue weighted by molar-refractivity contribution is 5.94. The Morgan fingerprint density at radius 3 is 2.64 bits per heavy atom. The predicted octanol–water partition coefficient (Wildman–Crippen LogP) is 1.64. The fraction of sp³-hybridized carbons (Fsp3) is 0.579. The molecule has 0 saturated carbocycles. The van der Waals surface area contributed by atoms with Crippen LogP contribution in [0.1, 0.15) is 43.0 Å². The van der Waals surface area contributed by atoms with E-state index in [9.17, 15) is 9.59 Å². The third kappa shape index (κ3) is 3.95. The molecule has 2 aliphatic heterocycles. The van der Waals surface area contributed by atoms with Gasteiger partial charge in [0.25, 0.3) is 5.91 Å². The summed E-state index contributed by atoms with van der Waals surface area (Å²) >= 11 is 0. The van der Waals surface area contributed by atoms with Crippen molar-refractivity contribution in [1.82, 2.24) is 9.80 Å². The number of nitrogens with zero attached hydrogens (tertiary/aromatic N) is 2. The zero-order valence-electron chi connectivity index (χ0n) is 14.8. The SMILES string of the molecule is CCOc1cccc(C(=O)N2CCC(N3CCC[C@H]3C(N)=O)CC2)c1. The smallest absolute Gasteiger partial charge is 0.253 e. The largest absolute Gasteiger partial charge is 0.494 e. The monoisotopic (exact) mass is 345 g/mol. The van der Waals surface area contributed by atoms with Gasteiger partial charge in [0.1, 0.15) is 5.75 Å². The molecule has 2 N–H and O–H groups in total. The van der Waals surface area contributed by atoms with Gasteiger partial charge in [0, 0.05) is 24.7 Å². The van der Waals surface area contributed by atoms with Gasteiger partial charge >= 0.3 is 0 Å². The minimum absolute atomic E-state index is 0.0490. The van der Waals surface area contributed by atoms with Crippen LogP contribution in [0, 0.1) is 0 Å². The number of ether oxygens (including phenoxy) is 1. The molecule has 25 heavy (non-hydrogen) atoms. The lowest BCUT2D eigenvalue weighted by Gasteiger charge is -2.38. The molecule has 0 radical (unpaired) electrons. The normalized spacial score (nSPS) is 22.1. The lowest BCUT2D eigenvalue weighted by atomic mass is 10.0. The summed E-state index contributed by atoms with van der Waals surface area (Å²) in [5.41, 5.74) is 6.20. The Morgan fingerprint density at radius 2 is 1.96 bits per heavy atom. The van der Waals surface area contributed by atoms with Gasteiger partial charge in [-0.25, -0.2) is 0 Å². The van der Waals surface area contributed by atoms with E-state index in [0.717, 1.165) is 38.0 Å². The molecule has 0 aliphatic carbocycles. The molecule has 0 aromatic heterocycles. The summed E-state index contributed by atoms with van der Waals surface area (Å²) in [7, 11) is 0. The van der Waals surface area contributed by atoms with Gasteiger partial charge in [-0.1, -0.05) is 6.07 Å². The van der Waals surface area contributed by atoms with Gasteiger partial charge < -0.3 is 15.4 Å². The summed E-state index contributed by atoms with van der Waals surface area (Å²) in [6.45, 7) is 4.87. The van der Waals surface area contributed by atoms with E-state index in [1.807, 2.05) is 36.1 Å². The lowest BCUT2D eigenvalue weighted by molar-refractivity contribution is -0.123. The van der Waals surface area contributed by atoms with Gasteiger partial charge in [-0.2, -0.15) is 0 Å². The molecule has 2 heterocycles. The molecule has 1 atom stereocenters. The van der Waals surface area contributed by atoms with Gasteiger partial charge in [-0.3, -0.25) is 14.5 Å². The maximum absolute atomic E-state index is 12.7. The summed E-state index contributed by atoms with van der Waals surface area (Å²) in [4.78, 5) is 28.5. The first kappa shape index (κ1) is 17.7. The first-order chi connectivity index (χ1) is 12.1. The van der Waals surface area contributed by atoms with E-state index in [1.165, 1.54) is 0 Å². The third-order valence-electron chi connectivity index (χ3n) is 5.24. The molecule has 1 aromatic rings. The minimum Gasteiger partial charge on any atom is -0.494 e. The van der Waals surface area contributed by atoms with Crippen LogP contribution in [0.3, 0.4) is 0 Å². The van der Waals surface area contributed by atoms with Crippen molar-refractivity contribution < 1.29 is 14.3 Å². The van der Waals surface area contributed by atoms with Crippen molar-refractivity contribution in [1.29, 1.82) is 0 Å². The Kier molecular flexibility index (Phi) is 5.58. The highest BCUT2D eigenvalue weighted by Gasteiger charge is 2.36. The van der Waals surface area contributed by atoms with Crippen LogP contribution in [-0.4, -0.2) is 59.9 Å². The van der Waals surface area contributed by atoms with Crippen LogP contribution in [0.25, 0.3) is 0 Å². The fourth-order valence-electron chi connectivity index (χ4n) is 4.00. The fourth-order valence-corrected chi connectivity index (χ4v) is 4.00. The number of amides is 2. The highest BCUT2D eigenvalue weighted by Crippen LogP contribution is 2.26. The second-order valence-corrected chi connectivity index (χ2v) is 6.78. The Morgan fingerprint density at radius 1 is 1.20 bits per heavy atom. The third-order valence-corrected chi connectivity index (χ3v) is 5.24. The van der Waals surface area contributed by atoms with Crippen LogP contribution >= 0.6 is 0 Å². The standard InChI is InChI=1S/C19H27N3O3/c1-2-25-16-6-3-5-14(13-16)19(24)21-11-8-15(9-12-21)22-10-4-7-17(22)18(20)23/h3,5-6,13,15,17H,2,4,7-12H2,1H3,(H2,20,23)/t17-/m0/s1. The van der Waals surface area contributed by atoms with E-state index in [2.05, 4.69) is 4.90 Å². The van der Waals surface area contributed by atoms with Crippen molar-refractivity contribution in [2.45, 2.75) is 44.7 Å². The number of piperidine rings is 1. The number of carbonyl (C=O) groups is 2. The van der Waals surface area contributed by atoms with E-state index in [0.29, 0.717) is 31.3 Å². The Bertz CT molecular complexity index is 626. The maximum atomic E-state index is 12.7. The van der Waals surface area contributed by atoms with Crippen LogP contribution in [0.2, 0.25) is 0 Å². The Hall–Kier alpha value is -2.08. The van der Waals surface area contributed by atoms with E-state index in [1.54, 1.807) is 0 Å². The molecule has 2 fully saturated rings. The van der Waals surface area contributed by atoms with E-state index < -0.39 is 0 Å². The molecule has 2 saturated heterocycles. The van der Waals surface area contributed by atoms with Gasteiger partial charge in [-0.05, 0) is 57.4 Å². The molecule has 0 unspecified atom stereocenters. The summed E-state index contributed by atoms with van der Waals surface area (Å²) < 4.78 is 5.48. The summed E-state index contributed by atoms with van der Waals surface area (Å²) in [5, 5.41) is 0. The van der Waals surface area contributed by atoms with E-state index >= 15 is 0 Å². The lowest BCUT2D eigenvalue weighted by Crippen LogP contribution is -2.51. The van der Waals surface area contributed by atoms with E-state index in [-0.39, 0.29) is 17.9 Å². The van der Waals surface area contributed by atoms with Crippen molar-refractivity contribution in [3.8, 4) is 5.75 Å². The molecule has 2 amide bonds. The molecular weight excluding hydrogens is 318 g/mol. The molecule has 6 nitrogen and oxygen atoms in total. The van der Waals surface area contributed by atoms with Crippen LogP contribution in [-0.2, 0) is 4.79 Å². The maximum Gasteiger partial charge on any atom is 0.253 e. The topological polar surface area (TPSA) is 75.9 Å². The second-order valence-electron chi connectivity index (χ2n) is 6.78. The minimum atomic E-state index is -0.219. The van der Waals surface area contributed by atoms with Crippen molar-refractivity contribution >= 4 is 11.8 Å². The van der Waals surface area contributed by atoms with Crippen molar-refractivity contribution in [3.05, 3.63) is 29.8 Å². The van der Waals surface area contributed by atoms with Crippen LogP contribution in [0.15, 0.2) is 24.3 Å². The van der Waals surface area contributed by atoms with Gasteiger partial charge in [0.15, 0.2) is 0 Å². The number of likely N-dealkylation sites (tertiary alicyclic amines) is 2.